The fourth-order valence-electron chi connectivity index (χ4n) is 2.81. The molecule has 7 nitrogen and oxygen atoms in total. The van der Waals surface area contributed by atoms with E-state index in [1.807, 2.05) is 43.5 Å². The summed E-state index contributed by atoms with van der Waals surface area (Å²) in [5.41, 5.74) is 1.88. The summed E-state index contributed by atoms with van der Waals surface area (Å²) in [6.45, 7) is 4.23. The average molecular weight is 411 g/mol. The van der Waals surface area contributed by atoms with Crippen molar-refractivity contribution in [1.82, 2.24) is 10.3 Å². The van der Waals surface area contributed by atoms with Gasteiger partial charge < -0.3 is 10.1 Å². The molecule has 29 heavy (non-hydrogen) atoms. The summed E-state index contributed by atoms with van der Waals surface area (Å²) in [4.78, 5) is 27.8. The van der Waals surface area contributed by atoms with E-state index in [2.05, 4.69) is 10.3 Å². The van der Waals surface area contributed by atoms with Gasteiger partial charge in [-0.1, -0.05) is 25.1 Å². The highest BCUT2D eigenvalue weighted by Gasteiger charge is 2.20. The molecule has 0 radical (unpaired) electrons. The van der Waals surface area contributed by atoms with Crippen molar-refractivity contribution in [2.24, 2.45) is 0 Å². The molecule has 0 spiro atoms. The number of nitro benzene ring substituents is 1. The Hall–Kier alpha value is -3.26. The third kappa shape index (κ3) is 4.97. The topological polar surface area (TPSA) is 94.4 Å². The molecule has 1 unspecified atom stereocenters. The summed E-state index contributed by atoms with van der Waals surface area (Å²) < 4.78 is 5.61. The van der Waals surface area contributed by atoms with E-state index in [4.69, 9.17) is 4.74 Å². The summed E-state index contributed by atoms with van der Waals surface area (Å²) in [7, 11) is 0. The van der Waals surface area contributed by atoms with E-state index in [-0.39, 0.29) is 17.3 Å². The highest BCUT2D eigenvalue weighted by molar-refractivity contribution is 7.13. The molecule has 1 N–H and O–H groups in total. The van der Waals surface area contributed by atoms with Gasteiger partial charge in [0.1, 0.15) is 10.8 Å². The molecule has 150 valence electrons. The number of rotatable bonds is 8. The smallest absolute Gasteiger partial charge is 0.270 e. The van der Waals surface area contributed by atoms with E-state index in [1.54, 1.807) is 17.5 Å². The Kier molecular flexibility index (Phi) is 6.56. The van der Waals surface area contributed by atoms with Crippen LogP contribution in [0.25, 0.3) is 10.6 Å². The molecule has 8 heteroatoms. The van der Waals surface area contributed by atoms with Crippen LogP contribution in [0.3, 0.4) is 0 Å². The van der Waals surface area contributed by atoms with Crippen molar-refractivity contribution in [3.63, 3.8) is 0 Å². The first-order chi connectivity index (χ1) is 14.0. The van der Waals surface area contributed by atoms with Gasteiger partial charge in [-0.2, -0.15) is 0 Å². The van der Waals surface area contributed by atoms with Crippen LogP contribution < -0.4 is 10.1 Å². The lowest BCUT2D eigenvalue weighted by molar-refractivity contribution is -0.384. The average Bonchev–Trinajstić information content (AvgIpc) is 3.27. The van der Waals surface area contributed by atoms with Gasteiger partial charge in [0.05, 0.1) is 23.1 Å². The van der Waals surface area contributed by atoms with Gasteiger partial charge in [0, 0.05) is 29.3 Å². The summed E-state index contributed by atoms with van der Waals surface area (Å²) in [5.74, 6) is -0.0920. The van der Waals surface area contributed by atoms with E-state index >= 15 is 0 Å². The van der Waals surface area contributed by atoms with Gasteiger partial charge in [-0.15, -0.1) is 11.3 Å². The molecule has 1 atom stereocenters. The number of ether oxygens (including phenoxy) is 1. The molecule has 1 aromatic heterocycles. The minimum atomic E-state index is -0.526. The molecular weight excluding hydrogens is 390 g/mol. The molecule has 0 fully saturated rings. The number of hydrogen-bond acceptors (Lipinski definition) is 6. The van der Waals surface area contributed by atoms with E-state index < -0.39 is 10.8 Å². The van der Waals surface area contributed by atoms with E-state index in [1.165, 1.54) is 18.2 Å². The zero-order valence-electron chi connectivity index (χ0n) is 16.1. The number of amides is 1. The summed E-state index contributed by atoms with van der Waals surface area (Å²) in [6.07, 6.45) is 2.51. The molecule has 1 amide bonds. The van der Waals surface area contributed by atoms with Crippen molar-refractivity contribution in [3.05, 3.63) is 75.3 Å². The molecular formula is C21H21N3O4S. The molecule has 2 aromatic carbocycles. The Morgan fingerprint density at radius 2 is 2.14 bits per heavy atom. The summed E-state index contributed by atoms with van der Waals surface area (Å²) in [5, 5.41) is 16.8. The van der Waals surface area contributed by atoms with Crippen molar-refractivity contribution in [2.75, 3.05) is 6.61 Å². The van der Waals surface area contributed by atoms with Crippen molar-refractivity contribution < 1.29 is 14.5 Å². The third-order valence-corrected chi connectivity index (χ3v) is 5.12. The predicted octanol–water partition coefficient (Wildman–Crippen LogP) is 5.00. The Bertz CT molecular complexity index is 1000. The van der Waals surface area contributed by atoms with Crippen LogP contribution in [0.5, 0.6) is 5.75 Å². The second-order valence-corrected chi connectivity index (χ2v) is 7.34. The van der Waals surface area contributed by atoms with Crippen LogP contribution >= 0.6 is 11.3 Å². The van der Waals surface area contributed by atoms with Crippen molar-refractivity contribution in [2.45, 2.75) is 26.3 Å². The first-order valence-electron chi connectivity index (χ1n) is 9.21. The highest BCUT2D eigenvalue weighted by atomic mass is 32.1. The van der Waals surface area contributed by atoms with Gasteiger partial charge in [-0.05, 0) is 31.0 Å². The van der Waals surface area contributed by atoms with Crippen LogP contribution in [0, 0.1) is 10.1 Å². The minimum absolute atomic E-state index is 0.149. The van der Waals surface area contributed by atoms with Gasteiger partial charge in [-0.3, -0.25) is 14.9 Å². The number of carbonyl (C=O) groups excluding carboxylic acids is 1. The lowest BCUT2D eigenvalue weighted by Crippen LogP contribution is -2.27. The molecule has 3 rings (SSSR count). The molecule has 0 bridgehead atoms. The zero-order valence-corrected chi connectivity index (χ0v) is 16.9. The Labute approximate surface area is 172 Å². The normalized spacial score (nSPS) is 11.7. The predicted molar refractivity (Wildman–Crippen MR) is 112 cm³/mol. The quantitative estimate of drug-likeness (QED) is 0.416. The van der Waals surface area contributed by atoms with Gasteiger partial charge >= 0.3 is 0 Å². The second kappa shape index (κ2) is 9.29. The van der Waals surface area contributed by atoms with Crippen LogP contribution in [-0.4, -0.2) is 22.4 Å². The molecule has 0 aliphatic carbocycles. The number of non-ortho nitro benzene ring substituents is 1. The maximum Gasteiger partial charge on any atom is 0.270 e. The van der Waals surface area contributed by atoms with Crippen molar-refractivity contribution >= 4 is 22.9 Å². The first-order valence-corrected chi connectivity index (χ1v) is 10.1. The number of nitrogens with one attached hydrogen (secondary N) is 1. The maximum absolute atomic E-state index is 12.9. The van der Waals surface area contributed by atoms with Crippen LogP contribution in [0.1, 0.15) is 42.2 Å². The summed E-state index contributed by atoms with van der Waals surface area (Å²) >= 11 is 1.54. The van der Waals surface area contributed by atoms with Gasteiger partial charge in [-0.25, -0.2) is 4.98 Å². The Morgan fingerprint density at radius 3 is 2.83 bits per heavy atom. The SMILES string of the molecule is CCCOc1ccc([N+](=O)[O-])cc1C(=O)NC(C)c1cccc(-c2nccs2)c1. The van der Waals surface area contributed by atoms with Crippen LogP contribution in [0.4, 0.5) is 5.69 Å². The third-order valence-electron chi connectivity index (χ3n) is 4.29. The van der Waals surface area contributed by atoms with E-state index in [0.29, 0.717) is 12.4 Å². The monoisotopic (exact) mass is 411 g/mol. The fourth-order valence-corrected chi connectivity index (χ4v) is 3.45. The van der Waals surface area contributed by atoms with Crippen molar-refractivity contribution in [1.29, 1.82) is 0 Å². The number of hydrogen-bond donors (Lipinski definition) is 1. The number of nitrogens with zero attached hydrogens (tertiary/aromatic N) is 2. The lowest BCUT2D eigenvalue weighted by Gasteiger charge is -2.17. The zero-order chi connectivity index (χ0) is 20.8. The largest absolute Gasteiger partial charge is 0.493 e. The van der Waals surface area contributed by atoms with Crippen molar-refractivity contribution in [3.8, 4) is 16.3 Å². The molecule has 0 aliphatic heterocycles. The van der Waals surface area contributed by atoms with E-state index in [9.17, 15) is 14.9 Å². The standard InChI is InChI=1S/C21H21N3O4S/c1-3-10-28-19-8-7-17(24(26)27)13-18(19)20(25)23-14(2)15-5-4-6-16(12-15)21-22-9-11-29-21/h4-9,11-14H,3,10H2,1-2H3,(H,23,25). The van der Waals surface area contributed by atoms with Crippen LogP contribution in [0.15, 0.2) is 54.0 Å². The first kappa shape index (κ1) is 20.5. The number of carbonyl (C=O) groups is 1. The molecule has 1 heterocycles. The fraction of sp³-hybridized carbons (Fsp3) is 0.238. The van der Waals surface area contributed by atoms with Gasteiger partial charge in [0.2, 0.25) is 0 Å². The lowest BCUT2D eigenvalue weighted by atomic mass is 10.0. The number of aromatic nitrogens is 1. The van der Waals surface area contributed by atoms with E-state index in [0.717, 1.165) is 22.6 Å². The number of benzene rings is 2. The highest BCUT2D eigenvalue weighted by Crippen LogP contribution is 2.27. The summed E-state index contributed by atoms with van der Waals surface area (Å²) in [6, 6.07) is 11.5. The second-order valence-electron chi connectivity index (χ2n) is 6.44. The Balaban J connectivity index is 1.83. The maximum atomic E-state index is 12.9. The molecule has 0 saturated carbocycles. The van der Waals surface area contributed by atoms with Gasteiger partial charge in [0.15, 0.2) is 0 Å². The number of thiazole rings is 1. The minimum Gasteiger partial charge on any atom is -0.493 e. The molecule has 3 aromatic rings. The van der Waals surface area contributed by atoms with Crippen LogP contribution in [0.2, 0.25) is 0 Å². The number of nitro groups is 1. The van der Waals surface area contributed by atoms with Gasteiger partial charge in [0.25, 0.3) is 11.6 Å². The van der Waals surface area contributed by atoms with Crippen LogP contribution in [-0.2, 0) is 0 Å². The molecule has 0 saturated heterocycles. The Morgan fingerprint density at radius 1 is 1.31 bits per heavy atom. The molecule has 0 aliphatic rings.